The van der Waals surface area contributed by atoms with Crippen LogP contribution >= 0.6 is 0 Å². The molecule has 24 heteroatoms. The predicted molar refractivity (Wildman–Crippen MR) is 563 cm³/mol. The molecule has 810 valence electrons. The molecule has 3 amide bonds. The summed E-state index contributed by atoms with van der Waals surface area (Å²) in [6.07, 6.45) is 59.7. The van der Waals surface area contributed by atoms with Crippen LogP contribution in [0.3, 0.4) is 0 Å². The standard InChI is InChI=1S/C114H216N6O18/c1-13-19-25-43-67-97(7)133-103(124)73-49-37-61-85-118(86-62-38-50-74-104(125)134-98(8)68-44-26-20-14-2)82-58-34-31-55-79-115-109(130)112(94-121)91-113(95-122,110(131)116-80-56-32-35-59-83-119(87-63-39-51-75-105(126)135-99(9)69-45-27-21-15-3)88-64-40-52-76-106(127)136-100(10)70-46-28-22-16-4)93-114(92-112,96-123)111(132)117-81-57-33-36-60-84-120(89-65-41-53-77-107(128)137-101(11)71-47-29-23-17-5)90-66-42-54-78-108(129)138-102(12)72-48-30-24-18-6/h97-102,121-123H,13-96H2,1-12H3,(H,115,130)(H,116,131)(H,117,132). The summed E-state index contributed by atoms with van der Waals surface area (Å²) < 4.78 is 34.5. The van der Waals surface area contributed by atoms with Crippen LogP contribution in [-0.2, 0) is 71.6 Å². The van der Waals surface area contributed by atoms with Crippen molar-refractivity contribution in [3.63, 3.8) is 0 Å². The fourth-order valence-corrected chi connectivity index (χ4v) is 19.7. The summed E-state index contributed by atoms with van der Waals surface area (Å²) >= 11 is 0. The number of nitrogens with one attached hydrogen (secondary N) is 3. The van der Waals surface area contributed by atoms with E-state index in [0.717, 1.165) is 348 Å². The van der Waals surface area contributed by atoms with Gasteiger partial charge in [-0.15, -0.1) is 0 Å². The van der Waals surface area contributed by atoms with Crippen LogP contribution in [0.25, 0.3) is 0 Å². The maximum absolute atomic E-state index is 15.1. The molecule has 1 rings (SSSR count). The third-order valence-electron chi connectivity index (χ3n) is 28.4. The summed E-state index contributed by atoms with van der Waals surface area (Å²) in [5.74, 6) is -2.35. The number of carbonyl (C=O) groups is 9. The Morgan fingerprint density at radius 1 is 0.217 bits per heavy atom. The van der Waals surface area contributed by atoms with Crippen molar-refractivity contribution in [1.82, 2.24) is 30.7 Å². The third-order valence-corrected chi connectivity index (χ3v) is 28.4. The van der Waals surface area contributed by atoms with Crippen molar-refractivity contribution in [1.29, 1.82) is 0 Å². The zero-order valence-corrected chi connectivity index (χ0v) is 91.2. The van der Waals surface area contributed by atoms with E-state index in [9.17, 15) is 44.1 Å². The number of nitrogens with zero attached hydrogens (tertiary/aromatic N) is 3. The maximum Gasteiger partial charge on any atom is 0.306 e. The van der Waals surface area contributed by atoms with Crippen molar-refractivity contribution < 1.29 is 86.9 Å². The van der Waals surface area contributed by atoms with Crippen LogP contribution in [0.5, 0.6) is 0 Å². The quantitative estimate of drug-likeness (QED) is 0.0187. The van der Waals surface area contributed by atoms with Gasteiger partial charge in [0.25, 0.3) is 0 Å². The van der Waals surface area contributed by atoms with Crippen molar-refractivity contribution in [2.45, 2.75) is 563 Å². The molecule has 6 unspecified atom stereocenters. The lowest BCUT2D eigenvalue weighted by Gasteiger charge is -2.52. The molecule has 0 saturated heterocycles. The number of amides is 3. The highest BCUT2D eigenvalue weighted by molar-refractivity contribution is 5.91. The van der Waals surface area contributed by atoms with Crippen LogP contribution in [0.15, 0.2) is 0 Å². The monoisotopic (exact) mass is 1960 g/mol. The minimum atomic E-state index is -1.72. The van der Waals surface area contributed by atoms with E-state index in [0.29, 0.717) is 57.8 Å². The number of aliphatic hydroxyl groups is 3. The van der Waals surface area contributed by atoms with Crippen LogP contribution in [0.2, 0.25) is 0 Å². The first kappa shape index (κ1) is 131. The zero-order valence-electron chi connectivity index (χ0n) is 91.2. The summed E-state index contributed by atoms with van der Waals surface area (Å²) in [7, 11) is 0. The first-order valence-corrected chi connectivity index (χ1v) is 57.8. The molecule has 0 aromatic rings. The largest absolute Gasteiger partial charge is 0.463 e. The van der Waals surface area contributed by atoms with Gasteiger partial charge in [-0.2, -0.15) is 0 Å². The highest BCUT2D eigenvalue weighted by atomic mass is 16.6. The predicted octanol–water partition coefficient (Wildman–Crippen LogP) is 24.8. The Labute approximate surface area is 843 Å². The van der Waals surface area contributed by atoms with Crippen LogP contribution in [0, 0.1) is 16.2 Å². The van der Waals surface area contributed by atoms with Crippen LogP contribution in [0.1, 0.15) is 526 Å². The van der Waals surface area contributed by atoms with Gasteiger partial charge in [-0.1, -0.05) is 234 Å². The molecule has 1 aliphatic rings. The molecule has 1 saturated carbocycles. The van der Waals surface area contributed by atoms with Gasteiger partial charge in [0.15, 0.2) is 0 Å². The number of esters is 6. The fraction of sp³-hybridized carbons (Fsp3) is 0.921. The molecule has 0 aromatic heterocycles. The number of carbonyl (C=O) groups excluding carboxylic acids is 9. The maximum atomic E-state index is 15.1. The average Bonchev–Trinajstić information content (AvgIpc) is 0.727. The molecular formula is C114H216N6O18. The second-order valence-corrected chi connectivity index (χ2v) is 42.1. The van der Waals surface area contributed by atoms with Crippen molar-refractivity contribution in [2.24, 2.45) is 16.2 Å². The number of aliphatic hydroxyl groups excluding tert-OH is 3. The lowest BCUT2D eigenvalue weighted by atomic mass is 9.52. The Morgan fingerprint density at radius 2 is 0.362 bits per heavy atom. The Hall–Kier alpha value is -5.01. The molecule has 0 radical (unpaired) electrons. The van der Waals surface area contributed by atoms with E-state index >= 15 is 14.4 Å². The summed E-state index contributed by atoms with van der Waals surface area (Å²) in [4.78, 5) is 129. The Balaban J connectivity index is 3.42. The molecule has 24 nitrogen and oxygen atoms in total. The van der Waals surface area contributed by atoms with Crippen LogP contribution < -0.4 is 16.0 Å². The number of hydrogen-bond donors (Lipinski definition) is 6. The second kappa shape index (κ2) is 88.5. The Bertz CT molecular complexity index is 2550. The molecule has 0 heterocycles. The van der Waals surface area contributed by atoms with Crippen molar-refractivity contribution in [2.75, 3.05) is 98.4 Å². The van der Waals surface area contributed by atoms with Crippen molar-refractivity contribution >= 4 is 53.5 Å². The molecule has 6 atom stereocenters. The van der Waals surface area contributed by atoms with Gasteiger partial charge in [0, 0.05) is 58.2 Å². The van der Waals surface area contributed by atoms with Crippen molar-refractivity contribution in [3.05, 3.63) is 0 Å². The van der Waals surface area contributed by atoms with Gasteiger partial charge in [0.05, 0.1) is 72.7 Å². The fourth-order valence-electron chi connectivity index (χ4n) is 19.7. The van der Waals surface area contributed by atoms with Crippen molar-refractivity contribution in [3.8, 4) is 0 Å². The molecule has 6 N–H and O–H groups in total. The van der Waals surface area contributed by atoms with E-state index in [1.807, 2.05) is 41.5 Å². The van der Waals surface area contributed by atoms with Gasteiger partial charge in [-0.3, -0.25) is 43.2 Å². The van der Waals surface area contributed by atoms with E-state index in [-0.39, 0.29) is 111 Å². The number of rotatable bonds is 99. The van der Waals surface area contributed by atoms with Crippen LogP contribution in [-0.4, -0.2) is 219 Å². The molecular weight excluding hydrogens is 1740 g/mol. The molecule has 0 bridgehead atoms. The topological polar surface area (TPSA) is 316 Å². The van der Waals surface area contributed by atoms with E-state index in [1.54, 1.807) is 0 Å². The summed E-state index contributed by atoms with van der Waals surface area (Å²) in [6, 6.07) is 0. The average molecular weight is 1960 g/mol. The van der Waals surface area contributed by atoms with E-state index in [2.05, 4.69) is 72.2 Å². The highest BCUT2D eigenvalue weighted by Gasteiger charge is 2.62. The summed E-state index contributed by atoms with van der Waals surface area (Å²) in [6.45, 7) is 31.7. The van der Waals surface area contributed by atoms with Gasteiger partial charge in [0.1, 0.15) is 0 Å². The molecule has 1 aliphatic carbocycles. The van der Waals surface area contributed by atoms with E-state index < -0.39 is 53.8 Å². The lowest BCUT2D eigenvalue weighted by molar-refractivity contribution is -0.168. The van der Waals surface area contributed by atoms with Gasteiger partial charge < -0.3 is 74.4 Å². The van der Waals surface area contributed by atoms with Gasteiger partial charge >= 0.3 is 35.8 Å². The SMILES string of the molecule is CCCCCCC(C)OC(=O)CCCCCN(CCCCCCNC(=O)C1(CO)CC(CO)(C(=O)NCCCCCCN(CCCCCC(=O)OC(C)CCCCCC)CCCCCC(=O)OC(C)CCCCCC)CC(CO)(C(=O)NCCCCCCN(CCCCCC(=O)OC(C)CCCCCC)CCCCCC(=O)OC(C)CCCCCC)C1)CCCCCC(=O)OC(C)CCCCCC. The highest BCUT2D eigenvalue weighted by Crippen LogP contribution is 2.55. The third kappa shape index (κ3) is 69.9. The molecule has 0 aliphatic heterocycles. The Morgan fingerprint density at radius 3 is 0.514 bits per heavy atom. The molecule has 0 spiro atoms. The lowest BCUT2D eigenvalue weighted by Crippen LogP contribution is -2.63. The first-order valence-electron chi connectivity index (χ1n) is 57.8. The molecule has 138 heavy (non-hydrogen) atoms. The minimum absolute atomic E-state index is 0.0724. The molecule has 0 aromatic carbocycles. The normalized spacial score (nSPS) is 16.8. The van der Waals surface area contributed by atoms with E-state index in [4.69, 9.17) is 28.4 Å². The summed E-state index contributed by atoms with van der Waals surface area (Å²) in [5, 5.41) is 44.4. The smallest absolute Gasteiger partial charge is 0.306 e. The zero-order chi connectivity index (χ0) is 102. The number of unbranched alkanes of at least 4 members (excludes halogenated alkanes) is 39. The van der Waals surface area contributed by atoms with Gasteiger partial charge in [-0.25, -0.2) is 0 Å². The van der Waals surface area contributed by atoms with Crippen LogP contribution in [0.4, 0.5) is 0 Å². The molecule has 1 fully saturated rings. The number of hydrogen-bond acceptors (Lipinski definition) is 21. The van der Waals surface area contributed by atoms with E-state index in [1.165, 1.54) is 77.0 Å². The minimum Gasteiger partial charge on any atom is -0.463 e. The summed E-state index contributed by atoms with van der Waals surface area (Å²) in [5.41, 5.74) is -5.16. The van der Waals surface area contributed by atoms with Gasteiger partial charge in [0.2, 0.25) is 17.7 Å². The number of ether oxygens (including phenoxy) is 6. The first-order chi connectivity index (χ1) is 66.8. The van der Waals surface area contributed by atoms with Gasteiger partial charge in [-0.05, 0) is 312 Å². The second-order valence-electron chi connectivity index (χ2n) is 42.1. The Kier molecular flexibility index (Phi) is 84.0.